The summed E-state index contributed by atoms with van der Waals surface area (Å²) < 4.78 is 0. The van der Waals surface area contributed by atoms with Gasteiger partial charge in [-0.3, -0.25) is 0 Å². The molecule has 0 atom stereocenters. The summed E-state index contributed by atoms with van der Waals surface area (Å²) in [5, 5.41) is 4.84. The van der Waals surface area contributed by atoms with Crippen molar-refractivity contribution >= 4 is 38.6 Å². The van der Waals surface area contributed by atoms with Gasteiger partial charge in [-0.05, 0) is 125 Å². The summed E-state index contributed by atoms with van der Waals surface area (Å²) in [5.41, 5.74) is 19.9. The molecule has 1 nitrogen and oxygen atoms in total. The number of hydrogen-bond acceptors (Lipinski definition) is 1. The molecule has 0 aliphatic heterocycles. The highest BCUT2D eigenvalue weighted by molar-refractivity contribution is 6.22. The summed E-state index contributed by atoms with van der Waals surface area (Å²) in [4.78, 5) is 2.54. The third-order valence-corrected chi connectivity index (χ3v) is 14.5. The molecule has 12 aromatic carbocycles. The fraction of sp³-hybridized carbons (Fsp3) is 0.0145. The summed E-state index contributed by atoms with van der Waals surface area (Å²) in [5.74, 6) is 0. The molecule has 0 unspecified atom stereocenters. The zero-order valence-electron chi connectivity index (χ0n) is 38.6. The Morgan fingerprint density at radius 3 is 1.26 bits per heavy atom. The normalized spacial score (nSPS) is 12.4. The Hall–Kier alpha value is -9.04. The van der Waals surface area contributed by atoms with Gasteiger partial charge < -0.3 is 4.90 Å². The molecule has 0 fully saturated rings. The van der Waals surface area contributed by atoms with Crippen molar-refractivity contribution in [2.45, 2.75) is 5.41 Å². The van der Waals surface area contributed by atoms with Crippen LogP contribution >= 0.6 is 0 Å². The maximum absolute atomic E-state index is 2.54. The van der Waals surface area contributed by atoms with Crippen LogP contribution in [0.1, 0.15) is 22.3 Å². The Labute approximate surface area is 409 Å². The molecule has 70 heavy (non-hydrogen) atoms. The molecule has 0 aromatic heterocycles. The van der Waals surface area contributed by atoms with Crippen LogP contribution in [-0.4, -0.2) is 0 Å². The van der Waals surface area contributed by atoms with Gasteiger partial charge in [0.1, 0.15) is 0 Å². The summed E-state index contributed by atoms with van der Waals surface area (Å²) in [6, 6.07) is 105. The molecule has 1 aliphatic carbocycles. The highest BCUT2D eigenvalue weighted by Crippen LogP contribution is 2.58. The molecule has 328 valence electrons. The third kappa shape index (κ3) is 6.78. The number of fused-ring (bicyclic) bond motifs is 6. The molecule has 12 aromatic rings. The molecule has 0 spiro atoms. The van der Waals surface area contributed by atoms with Gasteiger partial charge in [-0.15, -0.1) is 0 Å². The summed E-state index contributed by atoms with van der Waals surface area (Å²) in [6.07, 6.45) is 0. The number of anilines is 3. The molecular formula is C69H47N. The Morgan fingerprint density at radius 1 is 0.243 bits per heavy atom. The average molecular weight is 890 g/mol. The lowest BCUT2D eigenvalue weighted by Gasteiger charge is -2.34. The van der Waals surface area contributed by atoms with E-state index in [9.17, 15) is 0 Å². The minimum absolute atomic E-state index is 0.508. The van der Waals surface area contributed by atoms with Crippen molar-refractivity contribution in [1.82, 2.24) is 0 Å². The monoisotopic (exact) mass is 889 g/mol. The van der Waals surface area contributed by atoms with E-state index in [1.54, 1.807) is 0 Å². The Kier molecular flexibility index (Phi) is 10.1. The van der Waals surface area contributed by atoms with Gasteiger partial charge in [0.25, 0.3) is 0 Å². The highest BCUT2D eigenvalue weighted by atomic mass is 15.1. The van der Waals surface area contributed by atoms with Gasteiger partial charge in [-0.1, -0.05) is 249 Å². The van der Waals surface area contributed by atoms with Crippen LogP contribution in [0.4, 0.5) is 17.1 Å². The Bertz CT molecular complexity index is 3820. The lowest BCUT2D eigenvalue weighted by molar-refractivity contribution is 0.768. The van der Waals surface area contributed by atoms with E-state index in [2.05, 4.69) is 290 Å². The van der Waals surface area contributed by atoms with Crippen molar-refractivity contribution in [2.75, 3.05) is 4.90 Å². The summed E-state index contributed by atoms with van der Waals surface area (Å²) in [6.45, 7) is 0. The van der Waals surface area contributed by atoms with Crippen LogP contribution < -0.4 is 4.90 Å². The van der Waals surface area contributed by atoms with Crippen LogP contribution in [0.3, 0.4) is 0 Å². The van der Waals surface area contributed by atoms with Gasteiger partial charge >= 0.3 is 0 Å². The van der Waals surface area contributed by atoms with Crippen LogP contribution in [0.5, 0.6) is 0 Å². The van der Waals surface area contributed by atoms with Crippen molar-refractivity contribution < 1.29 is 0 Å². The SMILES string of the molecule is c1ccc(-c2cccc(-c3ccc(N(c4ccc5c(c4)-c4ccccc4C5(c4ccccc4)c4ccccc4)c4c(-c5cccc(-c6ccccc6)c5)c5ccccc5c5ccccc45)cc3)c2)cc1. The van der Waals surface area contributed by atoms with E-state index in [0.29, 0.717) is 0 Å². The standard InChI is InChI=1S/C69H47N/c1-5-21-48(22-6-1)51-25-19-26-52(45-51)50-39-41-57(42-40-50)70(58-43-44-66-64(47-58)61-35-17-18-38-65(61)69(66,55-29-9-3-10-30-55)56-31-11-4-12-32-56)68-63-37-16-14-34-60(63)59-33-13-15-36-62(59)67(68)54-28-20-27-53(46-54)49-23-7-2-8-24-49/h1-47H. The van der Waals surface area contributed by atoms with E-state index in [-0.39, 0.29) is 0 Å². The minimum atomic E-state index is -0.508. The quantitative estimate of drug-likeness (QED) is 0.131. The van der Waals surface area contributed by atoms with E-state index in [0.717, 1.165) is 22.6 Å². The zero-order valence-corrected chi connectivity index (χ0v) is 38.6. The number of rotatable bonds is 9. The largest absolute Gasteiger partial charge is 0.309 e. The topological polar surface area (TPSA) is 3.24 Å². The molecular weight excluding hydrogens is 843 g/mol. The van der Waals surface area contributed by atoms with Crippen LogP contribution in [0.25, 0.3) is 77.2 Å². The summed E-state index contributed by atoms with van der Waals surface area (Å²) >= 11 is 0. The minimum Gasteiger partial charge on any atom is -0.309 e. The van der Waals surface area contributed by atoms with Crippen LogP contribution in [0.2, 0.25) is 0 Å². The lowest BCUT2D eigenvalue weighted by atomic mass is 9.68. The van der Waals surface area contributed by atoms with Crippen LogP contribution in [-0.2, 0) is 5.41 Å². The van der Waals surface area contributed by atoms with Crippen molar-refractivity contribution in [1.29, 1.82) is 0 Å². The summed E-state index contributed by atoms with van der Waals surface area (Å²) in [7, 11) is 0. The molecule has 0 radical (unpaired) electrons. The molecule has 0 saturated heterocycles. The van der Waals surface area contributed by atoms with E-state index in [1.165, 1.54) is 93.9 Å². The fourth-order valence-electron chi connectivity index (χ4n) is 11.4. The van der Waals surface area contributed by atoms with Crippen LogP contribution in [0, 0.1) is 0 Å². The number of nitrogens with zero attached hydrogens (tertiary/aromatic N) is 1. The first-order chi connectivity index (χ1) is 34.7. The van der Waals surface area contributed by atoms with E-state index < -0.39 is 5.41 Å². The number of hydrogen-bond donors (Lipinski definition) is 0. The van der Waals surface area contributed by atoms with Crippen molar-refractivity contribution in [3.05, 3.63) is 307 Å². The highest BCUT2D eigenvalue weighted by Gasteiger charge is 2.46. The van der Waals surface area contributed by atoms with E-state index >= 15 is 0 Å². The molecule has 13 rings (SSSR count). The molecule has 0 saturated carbocycles. The first-order valence-electron chi connectivity index (χ1n) is 24.2. The lowest BCUT2D eigenvalue weighted by Crippen LogP contribution is -2.28. The zero-order chi connectivity index (χ0) is 46.4. The Morgan fingerprint density at radius 2 is 0.657 bits per heavy atom. The van der Waals surface area contributed by atoms with Crippen molar-refractivity contribution in [3.63, 3.8) is 0 Å². The fourth-order valence-corrected chi connectivity index (χ4v) is 11.4. The average Bonchev–Trinajstić information content (AvgIpc) is 3.75. The second-order valence-corrected chi connectivity index (χ2v) is 18.3. The smallest absolute Gasteiger partial charge is 0.0713 e. The Balaban J connectivity index is 1.09. The molecule has 1 aliphatic rings. The van der Waals surface area contributed by atoms with Gasteiger partial charge in [0.15, 0.2) is 0 Å². The number of benzene rings is 12. The predicted octanol–water partition coefficient (Wildman–Crippen LogP) is 18.5. The van der Waals surface area contributed by atoms with Crippen molar-refractivity contribution in [2.24, 2.45) is 0 Å². The molecule has 0 bridgehead atoms. The third-order valence-electron chi connectivity index (χ3n) is 14.5. The second kappa shape index (κ2) is 17.2. The molecule has 1 heteroatoms. The van der Waals surface area contributed by atoms with Gasteiger partial charge in [0.05, 0.1) is 11.1 Å². The van der Waals surface area contributed by atoms with Gasteiger partial charge in [0, 0.05) is 22.3 Å². The van der Waals surface area contributed by atoms with Crippen molar-refractivity contribution in [3.8, 4) is 55.6 Å². The first-order valence-corrected chi connectivity index (χ1v) is 24.2. The van der Waals surface area contributed by atoms with E-state index in [4.69, 9.17) is 0 Å². The maximum Gasteiger partial charge on any atom is 0.0713 e. The second-order valence-electron chi connectivity index (χ2n) is 18.3. The predicted molar refractivity (Wildman–Crippen MR) is 295 cm³/mol. The van der Waals surface area contributed by atoms with E-state index in [1.807, 2.05) is 0 Å². The van der Waals surface area contributed by atoms with Gasteiger partial charge in [-0.25, -0.2) is 0 Å². The van der Waals surface area contributed by atoms with Gasteiger partial charge in [-0.2, -0.15) is 0 Å². The van der Waals surface area contributed by atoms with Gasteiger partial charge in [0.2, 0.25) is 0 Å². The molecule has 0 heterocycles. The maximum atomic E-state index is 2.54. The molecule has 0 amide bonds. The van der Waals surface area contributed by atoms with Crippen LogP contribution in [0.15, 0.2) is 285 Å². The first kappa shape index (κ1) is 41.2. The molecule has 0 N–H and O–H groups in total.